The van der Waals surface area contributed by atoms with Gasteiger partial charge in [-0.05, 0) is 20.8 Å². The van der Waals surface area contributed by atoms with Gasteiger partial charge in [-0.25, -0.2) is 9.93 Å². The van der Waals surface area contributed by atoms with E-state index in [4.69, 9.17) is 9.84 Å². The number of nitrogens with zero attached hydrogens (tertiary/aromatic N) is 1. The first kappa shape index (κ1) is 14.6. The number of carbonyl (C=O) groups excluding carboxylic acids is 1. The lowest BCUT2D eigenvalue weighted by atomic mass is 10.2. The van der Waals surface area contributed by atoms with E-state index in [0.29, 0.717) is 0 Å². The fourth-order valence-electron chi connectivity index (χ4n) is 0.694. The van der Waals surface area contributed by atoms with Crippen LogP contribution in [0.15, 0.2) is 0 Å². The van der Waals surface area contributed by atoms with Crippen LogP contribution in [0, 0.1) is 0 Å². The number of nitrogens with two attached hydrogens (primary N) is 1. The fourth-order valence-corrected chi connectivity index (χ4v) is 1.23. The van der Waals surface area contributed by atoms with Crippen LogP contribution >= 0.6 is 0 Å². The summed E-state index contributed by atoms with van der Waals surface area (Å²) in [5.74, 6) is -1.51. The normalized spacial score (nSPS) is 12.0. The van der Waals surface area contributed by atoms with Crippen molar-refractivity contribution in [1.82, 2.24) is 4.31 Å². The van der Waals surface area contributed by atoms with Gasteiger partial charge in [-0.1, -0.05) is 0 Å². The summed E-state index contributed by atoms with van der Waals surface area (Å²) in [6.07, 6.45) is -1.32. The highest BCUT2D eigenvalue weighted by molar-refractivity contribution is 7.87. The Balaban J connectivity index is 4.93. The van der Waals surface area contributed by atoms with Crippen molar-refractivity contribution >= 4 is 22.3 Å². The Hall–Kier alpha value is -1.35. The van der Waals surface area contributed by atoms with E-state index in [1.54, 1.807) is 0 Å². The van der Waals surface area contributed by atoms with Crippen molar-refractivity contribution < 1.29 is 27.9 Å². The number of amides is 1. The number of carboxylic acids is 1. The van der Waals surface area contributed by atoms with Crippen LogP contribution < -0.4 is 5.14 Å². The summed E-state index contributed by atoms with van der Waals surface area (Å²) >= 11 is 0. The summed E-state index contributed by atoms with van der Waals surface area (Å²) in [5, 5.41) is 13.1. The molecular weight excluding hydrogens is 240 g/mol. The maximum atomic E-state index is 11.3. The zero-order chi connectivity index (χ0) is 13.1. The Morgan fingerprint density at radius 1 is 1.38 bits per heavy atom. The number of rotatable bonds is 3. The van der Waals surface area contributed by atoms with Crippen LogP contribution in [0.25, 0.3) is 0 Å². The number of carboxylic acid groups (broad SMARTS) is 1. The molecule has 0 aromatic rings. The van der Waals surface area contributed by atoms with Gasteiger partial charge in [0.25, 0.3) is 0 Å². The zero-order valence-corrected chi connectivity index (χ0v) is 9.94. The van der Waals surface area contributed by atoms with Crippen molar-refractivity contribution in [3.05, 3.63) is 0 Å². The van der Waals surface area contributed by atoms with Gasteiger partial charge in [-0.2, -0.15) is 12.7 Å². The van der Waals surface area contributed by atoms with Crippen molar-refractivity contribution in [2.24, 2.45) is 5.14 Å². The molecule has 0 aliphatic carbocycles. The Bertz CT molecular complexity index is 382. The molecule has 0 spiro atoms. The summed E-state index contributed by atoms with van der Waals surface area (Å²) in [4.78, 5) is 21.7. The molecule has 1 amide bonds. The Morgan fingerprint density at radius 2 is 1.81 bits per heavy atom. The summed E-state index contributed by atoms with van der Waals surface area (Å²) < 4.78 is 26.5. The molecule has 9 heteroatoms. The van der Waals surface area contributed by atoms with Crippen LogP contribution in [0.2, 0.25) is 0 Å². The van der Waals surface area contributed by atoms with Crippen molar-refractivity contribution in [3.63, 3.8) is 0 Å². The van der Waals surface area contributed by atoms with E-state index in [1.165, 1.54) is 20.8 Å². The first-order valence-corrected chi connectivity index (χ1v) is 5.69. The van der Waals surface area contributed by atoms with Crippen molar-refractivity contribution in [2.75, 3.05) is 6.54 Å². The molecule has 0 aliphatic rings. The number of ether oxygens (including phenoxy) is 1. The molecule has 0 aliphatic heterocycles. The summed E-state index contributed by atoms with van der Waals surface area (Å²) in [7, 11) is -4.45. The predicted octanol–water partition coefficient (Wildman–Crippen LogP) is -0.488. The summed E-state index contributed by atoms with van der Waals surface area (Å²) in [5.41, 5.74) is -0.946. The first-order chi connectivity index (χ1) is 6.93. The largest absolute Gasteiger partial charge is 0.480 e. The van der Waals surface area contributed by atoms with Crippen LogP contribution in [0.5, 0.6) is 0 Å². The molecule has 0 unspecified atom stereocenters. The minimum absolute atomic E-state index is 0.0550. The monoisotopic (exact) mass is 254 g/mol. The maximum absolute atomic E-state index is 11.3. The van der Waals surface area contributed by atoms with E-state index < -0.39 is 34.4 Å². The van der Waals surface area contributed by atoms with Gasteiger partial charge in [0.15, 0.2) is 0 Å². The Kier molecular flexibility index (Phi) is 4.27. The van der Waals surface area contributed by atoms with Gasteiger partial charge in [-0.3, -0.25) is 4.79 Å². The van der Waals surface area contributed by atoms with E-state index in [1.807, 2.05) is 0 Å². The maximum Gasteiger partial charge on any atom is 0.425 e. The average Bonchev–Trinajstić information content (AvgIpc) is 1.93. The standard InChI is InChI=1S/C7H14N2O6S/c1-7(2,3)15-6(12)9(4-5(10)11)16(8,13)14/h4H2,1-3H3,(H,10,11)(H2,8,13,14). The lowest BCUT2D eigenvalue weighted by Gasteiger charge is -2.24. The lowest BCUT2D eigenvalue weighted by molar-refractivity contribution is -0.137. The van der Waals surface area contributed by atoms with Gasteiger partial charge >= 0.3 is 22.3 Å². The minimum atomic E-state index is -4.45. The molecule has 94 valence electrons. The predicted molar refractivity (Wildman–Crippen MR) is 53.7 cm³/mol. The van der Waals surface area contributed by atoms with Gasteiger partial charge in [0.2, 0.25) is 0 Å². The van der Waals surface area contributed by atoms with Crippen molar-refractivity contribution in [3.8, 4) is 0 Å². The molecule has 0 aromatic heterocycles. The highest BCUT2D eigenvalue weighted by Gasteiger charge is 2.30. The molecule has 0 heterocycles. The molecule has 8 nitrogen and oxygen atoms in total. The van der Waals surface area contributed by atoms with Crippen LogP contribution in [-0.4, -0.2) is 42.0 Å². The molecule has 0 atom stereocenters. The summed E-state index contributed by atoms with van der Waals surface area (Å²) in [6, 6.07) is 0. The van der Waals surface area contributed by atoms with E-state index >= 15 is 0 Å². The van der Waals surface area contributed by atoms with Crippen LogP contribution in [0.3, 0.4) is 0 Å². The molecule has 0 rings (SSSR count). The molecule has 0 aromatic carbocycles. The molecule has 3 N–H and O–H groups in total. The van der Waals surface area contributed by atoms with E-state index in [0.717, 1.165) is 0 Å². The lowest BCUT2D eigenvalue weighted by Crippen LogP contribution is -2.46. The number of carbonyl (C=O) groups is 2. The first-order valence-electron chi connectivity index (χ1n) is 4.19. The van der Waals surface area contributed by atoms with E-state index in [2.05, 4.69) is 5.14 Å². The van der Waals surface area contributed by atoms with Gasteiger partial charge in [0.1, 0.15) is 12.1 Å². The van der Waals surface area contributed by atoms with Gasteiger partial charge in [-0.15, -0.1) is 0 Å². The molecule has 0 fully saturated rings. The van der Waals surface area contributed by atoms with Gasteiger partial charge < -0.3 is 9.84 Å². The molecule has 0 radical (unpaired) electrons. The molecular formula is C7H14N2O6S. The second-order valence-corrected chi connectivity index (χ2v) is 5.40. The zero-order valence-electron chi connectivity index (χ0n) is 9.13. The third-order valence-corrected chi connectivity index (χ3v) is 2.08. The second-order valence-electron chi connectivity index (χ2n) is 3.93. The van der Waals surface area contributed by atoms with Crippen LogP contribution in [-0.2, 0) is 19.7 Å². The SMILES string of the molecule is CC(C)(C)OC(=O)N(CC(=O)O)S(N)(=O)=O. The van der Waals surface area contributed by atoms with Gasteiger partial charge in [0, 0.05) is 0 Å². The highest BCUT2D eigenvalue weighted by Crippen LogP contribution is 2.11. The molecule has 16 heavy (non-hydrogen) atoms. The molecule has 0 bridgehead atoms. The Morgan fingerprint density at radius 3 is 2.06 bits per heavy atom. The van der Waals surface area contributed by atoms with Crippen molar-refractivity contribution in [1.29, 1.82) is 0 Å². The van der Waals surface area contributed by atoms with Crippen LogP contribution in [0.4, 0.5) is 4.79 Å². The highest BCUT2D eigenvalue weighted by atomic mass is 32.2. The van der Waals surface area contributed by atoms with E-state index in [-0.39, 0.29) is 4.31 Å². The van der Waals surface area contributed by atoms with Gasteiger partial charge in [0.05, 0.1) is 0 Å². The van der Waals surface area contributed by atoms with E-state index in [9.17, 15) is 18.0 Å². The third kappa shape index (κ3) is 5.51. The average molecular weight is 254 g/mol. The number of aliphatic carboxylic acids is 1. The molecule has 0 saturated heterocycles. The fraction of sp³-hybridized carbons (Fsp3) is 0.714. The van der Waals surface area contributed by atoms with Crippen molar-refractivity contribution in [2.45, 2.75) is 26.4 Å². The Labute approximate surface area is 93.2 Å². The topological polar surface area (TPSA) is 127 Å². The van der Waals surface area contributed by atoms with Crippen LogP contribution in [0.1, 0.15) is 20.8 Å². The molecule has 0 saturated carbocycles. The smallest absolute Gasteiger partial charge is 0.425 e. The minimum Gasteiger partial charge on any atom is -0.480 e. The number of hydrogen-bond donors (Lipinski definition) is 2. The quantitative estimate of drug-likeness (QED) is 0.699. The summed E-state index contributed by atoms with van der Waals surface area (Å²) in [6.45, 7) is 3.45. The third-order valence-electron chi connectivity index (χ3n) is 1.18. The second kappa shape index (κ2) is 4.66. The number of hydrogen-bond acceptors (Lipinski definition) is 5.